The largest absolute Gasteiger partial charge is 0.356 e. The summed E-state index contributed by atoms with van der Waals surface area (Å²) in [4.78, 5) is 6.86. The van der Waals surface area contributed by atoms with Crippen LogP contribution in [0.25, 0.3) is 0 Å². The Hall–Kier alpha value is -0.280. The number of rotatable bonds is 1. The Bertz CT molecular complexity index is 433. The highest BCUT2D eigenvalue weighted by molar-refractivity contribution is 9.10. The Kier molecular flexibility index (Phi) is 3.55. The van der Waals surface area contributed by atoms with Crippen molar-refractivity contribution in [2.75, 3.05) is 18.0 Å². The molecule has 0 radical (unpaired) electrons. The smallest absolute Gasteiger partial charge is 0.142 e. The van der Waals surface area contributed by atoms with Gasteiger partial charge < -0.3 is 4.90 Å². The monoisotopic (exact) mass is 328 g/mol. The van der Waals surface area contributed by atoms with E-state index >= 15 is 0 Å². The van der Waals surface area contributed by atoms with Crippen LogP contribution in [0, 0.1) is 5.41 Å². The van der Waals surface area contributed by atoms with Gasteiger partial charge >= 0.3 is 0 Å². The molecule has 1 aromatic rings. The number of hydrogen-bond donors (Lipinski definition) is 0. The second kappa shape index (κ2) is 5.01. The first kappa shape index (κ1) is 12.7. The van der Waals surface area contributed by atoms with Crippen molar-refractivity contribution in [2.24, 2.45) is 5.41 Å². The summed E-state index contributed by atoms with van der Waals surface area (Å²) < 4.78 is 1.01. The molecule has 1 saturated heterocycles. The zero-order chi connectivity index (χ0) is 12.6. The fourth-order valence-electron chi connectivity index (χ4n) is 3.46. The molecule has 1 aliphatic carbocycles. The second-order valence-electron chi connectivity index (χ2n) is 5.65. The van der Waals surface area contributed by atoms with E-state index < -0.39 is 0 Å². The van der Waals surface area contributed by atoms with E-state index in [0.29, 0.717) is 10.4 Å². The minimum atomic E-state index is 0.662. The molecule has 3 rings (SSSR count). The van der Waals surface area contributed by atoms with Crippen LogP contribution < -0.4 is 4.90 Å². The van der Waals surface area contributed by atoms with E-state index in [9.17, 15) is 0 Å². The summed E-state index contributed by atoms with van der Waals surface area (Å²) in [6.45, 7) is 2.26. The number of halogens is 2. The Morgan fingerprint density at radius 3 is 2.44 bits per heavy atom. The number of hydrogen-bond acceptors (Lipinski definition) is 2. The number of piperidine rings is 1. The van der Waals surface area contributed by atoms with Gasteiger partial charge in [-0.05, 0) is 53.1 Å². The van der Waals surface area contributed by atoms with Gasteiger partial charge in [-0.15, -0.1) is 0 Å². The van der Waals surface area contributed by atoms with Crippen LogP contribution in [0.15, 0.2) is 16.7 Å². The third kappa shape index (κ3) is 2.39. The summed E-state index contributed by atoms with van der Waals surface area (Å²) in [6, 6.07) is 1.93. The maximum Gasteiger partial charge on any atom is 0.142 e. The lowest BCUT2D eigenvalue weighted by Gasteiger charge is -2.40. The number of aromatic nitrogens is 1. The maximum absolute atomic E-state index is 5.94. The van der Waals surface area contributed by atoms with Gasteiger partial charge in [-0.25, -0.2) is 4.98 Å². The van der Waals surface area contributed by atoms with E-state index in [-0.39, 0.29) is 0 Å². The van der Waals surface area contributed by atoms with Gasteiger partial charge in [-0.1, -0.05) is 24.4 Å². The SMILES string of the molecule is Clc1cnc(N2CCC3(CCCC3)CC2)c(Br)c1. The van der Waals surface area contributed by atoms with E-state index in [1.807, 2.05) is 6.07 Å². The van der Waals surface area contributed by atoms with Crippen LogP contribution in [0.5, 0.6) is 0 Å². The van der Waals surface area contributed by atoms with Crippen LogP contribution in [0.4, 0.5) is 5.82 Å². The van der Waals surface area contributed by atoms with Gasteiger partial charge in [0.2, 0.25) is 0 Å². The molecule has 1 spiro atoms. The first-order valence-corrected chi connectivity index (χ1v) is 7.92. The summed E-state index contributed by atoms with van der Waals surface area (Å²) in [5.41, 5.74) is 0.662. The molecule has 2 nitrogen and oxygen atoms in total. The molecule has 0 amide bonds. The molecule has 2 heterocycles. The molecule has 0 atom stereocenters. The van der Waals surface area contributed by atoms with Crippen molar-refractivity contribution in [2.45, 2.75) is 38.5 Å². The van der Waals surface area contributed by atoms with Crippen LogP contribution >= 0.6 is 27.5 Å². The predicted molar refractivity (Wildman–Crippen MR) is 79.3 cm³/mol. The topological polar surface area (TPSA) is 16.1 Å². The summed E-state index contributed by atoms with van der Waals surface area (Å²) >= 11 is 9.51. The molecule has 1 saturated carbocycles. The molecule has 98 valence electrons. The Morgan fingerprint density at radius 1 is 1.17 bits per heavy atom. The Morgan fingerprint density at radius 2 is 1.83 bits per heavy atom. The standard InChI is InChI=1S/C14H18BrClN2/c15-12-9-11(16)10-17-13(12)18-7-5-14(6-8-18)3-1-2-4-14/h9-10H,1-8H2. The van der Waals surface area contributed by atoms with Gasteiger partial charge in [-0.2, -0.15) is 0 Å². The quantitative estimate of drug-likeness (QED) is 0.745. The van der Waals surface area contributed by atoms with Gasteiger partial charge in [0.25, 0.3) is 0 Å². The molecule has 2 aliphatic rings. The van der Waals surface area contributed by atoms with Crippen LogP contribution in [0.1, 0.15) is 38.5 Å². The van der Waals surface area contributed by atoms with Gasteiger partial charge in [0.15, 0.2) is 0 Å². The van der Waals surface area contributed by atoms with E-state index in [0.717, 1.165) is 23.4 Å². The molecule has 1 aliphatic heterocycles. The lowest BCUT2D eigenvalue weighted by molar-refractivity contribution is 0.226. The van der Waals surface area contributed by atoms with Crippen molar-refractivity contribution >= 4 is 33.3 Å². The van der Waals surface area contributed by atoms with Crippen molar-refractivity contribution in [1.82, 2.24) is 4.98 Å². The average Bonchev–Trinajstić information content (AvgIpc) is 2.80. The van der Waals surface area contributed by atoms with Crippen molar-refractivity contribution in [3.8, 4) is 0 Å². The Balaban J connectivity index is 1.72. The van der Waals surface area contributed by atoms with Crippen molar-refractivity contribution in [3.63, 3.8) is 0 Å². The van der Waals surface area contributed by atoms with Crippen LogP contribution in [-0.2, 0) is 0 Å². The molecule has 0 bridgehead atoms. The predicted octanol–water partition coefficient (Wildman–Crippen LogP) is 4.66. The van der Waals surface area contributed by atoms with Gasteiger partial charge in [-0.3, -0.25) is 0 Å². The molecule has 0 aromatic carbocycles. The fourth-order valence-corrected chi connectivity index (χ4v) is 4.35. The zero-order valence-electron chi connectivity index (χ0n) is 10.5. The molecular formula is C14H18BrClN2. The zero-order valence-corrected chi connectivity index (χ0v) is 12.8. The number of anilines is 1. The van der Waals surface area contributed by atoms with Gasteiger partial charge in [0.05, 0.1) is 9.50 Å². The van der Waals surface area contributed by atoms with Crippen LogP contribution in [-0.4, -0.2) is 18.1 Å². The number of nitrogens with zero attached hydrogens (tertiary/aromatic N) is 2. The van der Waals surface area contributed by atoms with Crippen LogP contribution in [0.2, 0.25) is 5.02 Å². The number of pyridine rings is 1. The summed E-state index contributed by atoms with van der Waals surface area (Å²) in [5.74, 6) is 1.05. The third-order valence-corrected chi connectivity index (χ3v) is 5.37. The minimum absolute atomic E-state index is 0.662. The maximum atomic E-state index is 5.94. The fraction of sp³-hybridized carbons (Fsp3) is 0.643. The molecule has 0 unspecified atom stereocenters. The van der Waals surface area contributed by atoms with E-state index in [1.165, 1.54) is 38.5 Å². The van der Waals surface area contributed by atoms with E-state index in [4.69, 9.17) is 11.6 Å². The normalized spacial score (nSPS) is 22.7. The third-order valence-electron chi connectivity index (χ3n) is 4.58. The summed E-state index contributed by atoms with van der Waals surface area (Å²) in [6.07, 6.45) is 10.1. The molecular weight excluding hydrogens is 312 g/mol. The van der Waals surface area contributed by atoms with Gasteiger partial charge in [0, 0.05) is 19.3 Å². The lowest BCUT2D eigenvalue weighted by atomic mass is 9.77. The first-order valence-electron chi connectivity index (χ1n) is 6.75. The average molecular weight is 330 g/mol. The highest BCUT2D eigenvalue weighted by atomic mass is 79.9. The van der Waals surface area contributed by atoms with E-state index in [1.54, 1.807) is 6.20 Å². The highest BCUT2D eigenvalue weighted by Crippen LogP contribution is 2.46. The van der Waals surface area contributed by atoms with E-state index in [2.05, 4.69) is 25.8 Å². The first-order chi connectivity index (χ1) is 8.69. The van der Waals surface area contributed by atoms with Gasteiger partial charge in [0.1, 0.15) is 5.82 Å². The molecule has 0 N–H and O–H groups in total. The van der Waals surface area contributed by atoms with Crippen molar-refractivity contribution in [3.05, 3.63) is 21.8 Å². The molecule has 18 heavy (non-hydrogen) atoms. The highest BCUT2D eigenvalue weighted by Gasteiger charge is 2.37. The molecule has 4 heteroatoms. The summed E-state index contributed by atoms with van der Waals surface area (Å²) in [7, 11) is 0. The van der Waals surface area contributed by atoms with Crippen molar-refractivity contribution < 1.29 is 0 Å². The minimum Gasteiger partial charge on any atom is -0.356 e. The lowest BCUT2D eigenvalue weighted by Crippen LogP contribution is -2.39. The Labute approximate surface area is 122 Å². The van der Waals surface area contributed by atoms with Crippen molar-refractivity contribution in [1.29, 1.82) is 0 Å². The molecule has 2 fully saturated rings. The van der Waals surface area contributed by atoms with Crippen LogP contribution in [0.3, 0.4) is 0 Å². The molecule has 1 aromatic heterocycles. The summed E-state index contributed by atoms with van der Waals surface area (Å²) in [5, 5.41) is 0.690. The second-order valence-corrected chi connectivity index (χ2v) is 6.94.